The first-order valence-electron chi connectivity index (χ1n) is 6.06. The Kier molecular flexibility index (Phi) is 3.01. The Bertz CT molecular complexity index is 422. The number of halogens is 2. The Morgan fingerprint density at radius 3 is 2.47 bits per heavy atom. The molecule has 5 heteroatoms. The average molecular weight is 272 g/mol. The van der Waals surface area contributed by atoms with Gasteiger partial charge in [-0.1, -0.05) is 11.6 Å². The molecular formula is C12H15Cl2N3. The second kappa shape index (κ2) is 4.38. The van der Waals surface area contributed by atoms with Crippen LogP contribution in [0.2, 0.25) is 10.4 Å². The van der Waals surface area contributed by atoms with Gasteiger partial charge in [-0.25, -0.2) is 9.97 Å². The molecule has 1 aliphatic carbocycles. The number of piperidine rings is 1. The lowest BCUT2D eigenvalue weighted by Gasteiger charge is -2.32. The van der Waals surface area contributed by atoms with Gasteiger partial charge in [0.15, 0.2) is 0 Å². The molecule has 2 aliphatic rings. The molecule has 0 N–H and O–H groups in total. The van der Waals surface area contributed by atoms with Crippen LogP contribution in [-0.4, -0.2) is 28.0 Å². The first kappa shape index (κ1) is 11.7. The van der Waals surface area contributed by atoms with E-state index in [2.05, 4.69) is 14.9 Å². The van der Waals surface area contributed by atoms with Crippen LogP contribution in [0.1, 0.15) is 31.2 Å². The maximum atomic E-state index is 6.05. The molecule has 2 fully saturated rings. The van der Waals surface area contributed by atoms with Crippen molar-refractivity contribution in [3.63, 3.8) is 0 Å². The summed E-state index contributed by atoms with van der Waals surface area (Å²) in [6.45, 7) is 3.17. The lowest BCUT2D eigenvalue weighted by molar-refractivity contribution is 0.166. The molecule has 0 unspecified atom stereocenters. The van der Waals surface area contributed by atoms with Crippen LogP contribution in [0.15, 0.2) is 6.20 Å². The van der Waals surface area contributed by atoms with Gasteiger partial charge in [-0.15, -0.1) is 0 Å². The maximum Gasteiger partial charge on any atom is 0.223 e. The normalized spacial score (nSPS) is 22.9. The summed E-state index contributed by atoms with van der Waals surface area (Å²) in [5, 5.41) is 0.700. The fourth-order valence-electron chi connectivity index (χ4n) is 2.58. The predicted octanol–water partition coefficient (Wildman–Crippen LogP) is 3.16. The zero-order chi connectivity index (χ0) is 11.9. The second-order valence-electron chi connectivity index (χ2n) is 5.23. The number of likely N-dealkylation sites (tertiary alicyclic amines) is 1. The topological polar surface area (TPSA) is 29.0 Å². The molecule has 1 saturated carbocycles. The Balaban J connectivity index is 1.63. The maximum absolute atomic E-state index is 6.05. The van der Waals surface area contributed by atoms with E-state index in [1.165, 1.54) is 38.8 Å². The van der Waals surface area contributed by atoms with E-state index in [-0.39, 0.29) is 5.28 Å². The van der Waals surface area contributed by atoms with Crippen molar-refractivity contribution in [3.8, 4) is 0 Å². The number of hydrogen-bond donors (Lipinski definition) is 0. The summed E-state index contributed by atoms with van der Waals surface area (Å²) in [5.74, 6) is 0. The molecule has 0 atom stereocenters. The third kappa shape index (κ3) is 2.56. The van der Waals surface area contributed by atoms with Crippen molar-refractivity contribution in [1.29, 1.82) is 0 Å². The molecule has 92 valence electrons. The van der Waals surface area contributed by atoms with E-state index >= 15 is 0 Å². The lowest BCUT2D eigenvalue weighted by atomic mass is 9.93. The molecule has 1 aliphatic heterocycles. The first-order valence-corrected chi connectivity index (χ1v) is 6.82. The molecule has 1 aromatic heterocycles. The van der Waals surface area contributed by atoms with Gasteiger partial charge < -0.3 is 0 Å². The number of rotatable bonds is 2. The Hall–Kier alpha value is -0.380. The van der Waals surface area contributed by atoms with Gasteiger partial charge in [0.25, 0.3) is 0 Å². The van der Waals surface area contributed by atoms with Crippen LogP contribution in [0, 0.1) is 5.41 Å². The van der Waals surface area contributed by atoms with Gasteiger partial charge >= 0.3 is 0 Å². The van der Waals surface area contributed by atoms with E-state index in [0.717, 1.165) is 17.5 Å². The van der Waals surface area contributed by atoms with Crippen molar-refractivity contribution in [3.05, 3.63) is 22.2 Å². The van der Waals surface area contributed by atoms with E-state index in [1.54, 1.807) is 6.20 Å². The van der Waals surface area contributed by atoms with E-state index in [0.29, 0.717) is 5.15 Å². The SMILES string of the molecule is Clc1ncc(CN2CCC3(CC2)CC3)c(Cl)n1. The molecule has 0 amide bonds. The zero-order valence-corrected chi connectivity index (χ0v) is 11.1. The van der Waals surface area contributed by atoms with Crippen LogP contribution >= 0.6 is 23.2 Å². The molecule has 0 radical (unpaired) electrons. The van der Waals surface area contributed by atoms with Gasteiger partial charge in [0.1, 0.15) is 5.15 Å². The molecule has 1 saturated heterocycles. The van der Waals surface area contributed by atoms with Crippen molar-refractivity contribution in [2.45, 2.75) is 32.2 Å². The summed E-state index contributed by atoms with van der Waals surface area (Å²) in [7, 11) is 0. The van der Waals surface area contributed by atoms with Crippen LogP contribution < -0.4 is 0 Å². The Morgan fingerprint density at radius 2 is 1.88 bits per heavy atom. The highest BCUT2D eigenvalue weighted by atomic mass is 35.5. The van der Waals surface area contributed by atoms with Crippen molar-refractivity contribution in [1.82, 2.24) is 14.9 Å². The third-order valence-corrected chi connectivity index (χ3v) is 4.56. The number of hydrogen-bond acceptors (Lipinski definition) is 3. The molecule has 0 bridgehead atoms. The van der Waals surface area contributed by atoms with Crippen molar-refractivity contribution in [2.75, 3.05) is 13.1 Å². The number of nitrogens with zero attached hydrogens (tertiary/aromatic N) is 3. The van der Waals surface area contributed by atoms with Crippen LogP contribution in [0.3, 0.4) is 0 Å². The van der Waals surface area contributed by atoms with Gasteiger partial charge in [-0.2, -0.15) is 0 Å². The minimum Gasteiger partial charge on any atom is -0.299 e. The molecule has 2 heterocycles. The van der Waals surface area contributed by atoms with Crippen molar-refractivity contribution in [2.24, 2.45) is 5.41 Å². The highest BCUT2D eigenvalue weighted by molar-refractivity contribution is 6.32. The van der Waals surface area contributed by atoms with Gasteiger partial charge in [0, 0.05) is 18.3 Å². The molecular weight excluding hydrogens is 257 g/mol. The predicted molar refractivity (Wildman–Crippen MR) is 68.2 cm³/mol. The molecule has 1 aromatic rings. The highest BCUT2D eigenvalue weighted by Crippen LogP contribution is 2.53. The Morgan fingerprint density at radius 1 is 1.18 bits per heavy atom. The summed E-state index contributed by atoms with van der Waals surface area (Å²) in [5.41, 5.74) is 1.69. The monoisotopic (exact) mass is 271 g/mol. The molecule has 3 nitrogen and oxygen atoms in total. The first-order chi connectivity index (χ1) is 8.17. The van der Waals surface area contributed by atoms with Crippen LogP contribution in [0.4, 0.5) is 0 Å². The second-order valence-corrected chi connectivity index (χ2v) is 5.93. The average Bonchev–Trinajstić information content (AvgIpc) is 3.06. The highest BCUT2D eigenvalue weighted by Gasteiger charge is 2.44. The van der Waals surface area contributed by atoms with E-state index in [1.807, 2.05) is 0 Å². The fourth-order valence-corrected chi connectivity index (χ4v) is 2.94. The van der Waals surface area contributed by atoms with Gasteiger partial charge in [0.2, 0.25) is 5.28 Å². The summed E-state index contributed by atoms with van der Waals surface area (Å²) in [6.07, 6.45) is 7.27. The van der Waals surface area contributed by atoms with E-state index in [9.17, 15) is 0 Å². The molecule has 3 rings (SSSR count). The van der Waals surface area contributed by atoms with Crippen LogP contribution in [0.5, 0.6) is 0 Å². The summed E-state index contributed by atoms with van der Waals surface area (Å²) in [6, 6.07) is 0. The van der Waals surface area contributed by atoms with E-state index in [4.69, 9.17) is 23.2 Å². The third-order valence-electron chi connectivity index (χ3n) is 4.05. The van der Waals surface area contributed by atoms with Crippen LogP contribution in [-0.2, 0) is 6.54 Å². The molecule has 1 spiro atoms. The largest absolute Gasteiger partial charge is 0.299 e. The van der Waals surface area contributed by atoms with Crippen molar-refractivity contribution < 1.29 is 0 Å². The zero-order valence-electron chi connectivity index (χ0n) is 9.62. The number of aromatic nitrogens is 2. The standard InChI is InChI=1S/C12H15Cl2N3/c13-10-9(7-15-11(14)16-10)8-17-5-3-12(1-2-12)4-6-17/h7H,1-6,8H2. The minimum atomic E-state index is 0.217. The smallest absolute Gasteiger partial charge is 0.223 e. The van der Waals surface area contributed by atoms with Gasteiger partial charge in [-0.05, 0) is 55.8 Å². The van der Waals surface area contributed by atoms with Crippen molar-refractivity contribution >= 4 is 23.2 Å². The van der Waals surface area contributed by atoms with Gasteiger partial charge in [0.05, 0.1) is 0 Å². The molecule has 0 aromatic carbocycles. The summed E-state index contributed by atoms with van der Waals surface area (Å²) < 4.78 is 0. The Labute approximate surface area is 111 Å². The lowest BCUT2D eigenvalue weighted by Crippen LogP contribution is -2.34. The van der Waals surface area contributed by atoms with Crippen LogP contribution in [0.25, 0.3) is 0 Å². The van der Waals surface area contributed by atoms with Gasteiger partial charge in [-0.3, -0.25) is 4.90 Å². The fraction of sp³-hybridized carbons (Fsp3) is 0.667. The summed E-state index contributed by atoms with van der Waals surface area (Å²) in [4.78, 5) is 10.4. The quantitative estimate of drug-likeness (QED) is 0.611. The van der Waals surface area contributed by atoms with E-state index < -0.39 is 0 Å². The minimum absolute atomic E-state index is 0.217. The summed E-state index contributed by atoms with van der Waals surface area (Å²) >= 11 is 11.7. The molecule has 17 heavy (non-hydrogen) atoms.